The van der Waals surface area contributed by atoms with Crippen molar-refractivity contribution in [1.82, 2.24) is 0 Å². The lowest BCUT2D eigenvalue weighted by Crippen LogP contribution is -2.42. The van der Waals surface area contributed by atoms with Crippen LogP contribution in [-0.4, -0.2) is 45.8 Å². The third kappa shape index (κ3) is 3.05. The Labute approximate surface area is 179 Å². The minimum Gasteiger partial charge on any atom is -0.493 e. The number of cyclic esters (lactones) is 1. The third-order valence-corrected chi connectivity index (χ3v) is 6.50. The predicted octanol–water partition coefficient (Wildman–Crippen LogP) is 2.80. The maximum absolute atomic E-state index is 12.2. The molecule has 0 unspecified atom stereocenters. The van der Waals surface area contributed by atoms with Gasteiger partial charge in [-0.3, -0.25) is 4.79 Å². The molecule has 8 heteroatoms. The first kappa shape index (κ1) is 19.8. The van der Waals surface area contributed by atoms with E-state index < -0.39 is 6.10 Å². The predicted molar refractivity (Wildman–Crippen MR) is 108 cm³/mol. The largest absolute Gasteiger partial charge is 0.493 e. The second-order valence-electron chi connectivity index (χ2n) is 7.93. The van der Waals surface area contributed by atoms with Crippen LogP contribution >= 0.6 is 0 Å². The molecule has 8 nitrogen and oxygen atoms in total. The summed E-state index contributed by atoms with van der Waals surface area (Å²) in [5.41, 5.74) is 2.54. The number of aliphatic hydroxyl groups excluding tert-OH is 1. The fraction of sp³-hybridized carbons (Fsp3) is 0.435. The number of carbonyl (C=O) groups is 1. The van der Waals surface area contributed by atoms with Crippen molar-refractivity contribution in [3.05, 3.63) is 41.0 Å². The number of ether oxygens (including phenoxy) is 6. The number of fused-ring (bicyclic) bond motifs is 3. The molecular formula is C23H24O8. The number of aliphatic hydroxyl groups is 1. The number of esters is 1. The monoisotopic (exact) mass is 428 g/mol. The van der Waals surface area contributed by atoms with Crippen molar-refractivity contribution < 1.29 is 38.3 Å². The van der Waals surface area contributed by atoms with Crippen molar-refractivity contribution in [2.45, 2.75) is 18.4 Å². The van der Waals surface area contributed by atoms with Crippen LogP contribution < -0.4 is 23.7 Å². The quantitative estimate of drug-likeness (QED) is 0.744. The van der Waals surface area contributed by atoms with Gasteiger partial charge in [0.05, 0.1) is 34.0 Å². The van der Waals surface area contributed by atoms with E-state index in [1.807, 2.05) is 24.3 Å². The summed E-state index contributed by atoms with van der Waals surface area (Å²) in [4.78, 5) is 12.2. The molecule has 2 aromatic carbocycles. The van der Waals surface area contributed by atoms with Gasteiger partial charge in [-0.2, -0.15) is 0 Å². The first-order chi connectivity index (χ1) is 15.0. The lowest BCUT2D eigenvalue weighted by atomic mass is 9.63. The fourth-order valence-corrected chi connectivity index (χ4v) is 5.07. The molecule has 2 aliphatic heterocycles. The molecular weight excluding hydrogens is 404 g/mol. The maximum Gasteiger partial charge on any atom is 0.306 e. The molecule has 0 radical (unpaired) electrons. The number of carbonyl (C=O) groups excluding carboxylic acids is 1. The first-order valence-corrected chi connectivity index (χ1v) is 10.1. The molecule has 0 aromatic heterocycles. The van der Waals surface area contributed by atoms with Gasteiger partial charge in [-0.05, 0) is 46.9 Å². The summed E-state index contributed by atoms with van der Waals surface area (Å²) in [5, 5.41) is 11.2. The van der Waals surface area contributed by atoms with Gasteiger partial charge in [0.15, 0.2) is 23.0 Å². The third-order valence-electron chi connectivity index (χ3n) is 6.50. The van der Waals surface area contributed by atoms with Crippen molar-refractivity contribution in [3.63, 3.8) is 0 Å². The Balaban J connectivity index is 1.73. The number of benzene rings is 2. The number of hydrogen-bond acceptors (Lipinski definition) is 8. The Morgan fingerprint density at radius 2 is 1.52 bits per heavy atom. The molecule has 5 rings (SSSR count). The van der Waals surface area contributed by atoms with Crippen LogP contribution in [0.3, 0.4) is 0 Å². The average Bonchev–Trinajstić information content (AvgIpc) is 3.24. The van der Waals surface area contributed by atoms with Crippen molar-refractivity contribution in [3.8, 4) is 28.7 Å². The van der Waals surface area contributed by atoms with Crippen LogP contribution in [0.5, 0.6) is 28.7 Å². The van der Waals surface area contributed by atoms with E-state index in [0.29, 0.717) is 28.7 Å². The van der Waals surface area contributed by atoms with Crippen LogP contribution in [-0.2, 0) is 9.53 Å². The smallest absolute Gasteiger partial charge is 0.306 e. The van der Waals surface area contributed by atoms with Gasteiger partial charge in [0, 0.05) is 18.3 Å². The Hall–Kier alpha value is -3.13. The van der Waals surface area contributed by atoms with Crippen LogP contribution in [0, 0.1) is 11.8 Å². The van der Waals surface area contributed by atoms with E-state index in [-0.39, 0.29) is 43.5 Å². The Bertz CT molecular complexity index is 1010. The van der Waals surface area contributed by atoms with E-state index in [2.05, 4.69) is 0 Å². The van der Waals surface area contributed by atoms with E-state index in [4.69, 9.17) is 28.4 Å². The summed E-state index contributed by atoms with van der Waals surface area (Å²) in [6, 6.07) is 7.54. The molecule has 0 amide bonds. The zero-order chi connectivity index (χ0) is 21.7. The molecule has 1 fully saturated rings. The van der Waals surface area contributed by atoms with Crippen LogP contribution in [0.2, 0.25) is 0 Å². The van der Waals surface area contributed by atoms with E-state index in [1.165, 1.54) is 0 Å². The number of hydrogen-bond donors (Lipinski definition) is 1. The molecule has 31 heavy (non-hydrogen) atoms. The highest BCUT2D eigenvalue weighted by Crippen LogP contribution is 2.55. The topological polar surface area (TPSA) is 92.7 Å². The van der Waals surface area contributed by atoms with E-state index in [1.54, 1.807) is 21.3 Å². The second kappa shape index (κ2) is 7.53. The van der Waals surface area contributed by atoms with Gasteiger partial charge in [0.1, 0.15) is 0 Å². The summed E-state index contributed by atoms with van der Waals surface area (Å²) < 4.78 is 33.0. The molecule has 1 aliphatic carbocycles. The van der Waals surface area contributed by atoms with Crippen molar-refractivity contribution in [2.75, 3.05) is 34.7 Å². The molecule has 1 saturated heterocycles. The zero-order valence-corrected chi connectivity index (χ0v) is 17.5. The van der Waals surface area contributed by atoms with E-state index in [9.17, 15) is 9.90 Å². The molecule has 3 aliphatic rings. The van der Waals surface area contributed by atoms with Gasteiger partial charge in [0.25, 0.3) is 0 Å². The lowest BCUT2D eigenvalue weighted by Gasteiger charge is -2.44. The summed E-state index contributed by atoms with van der Waals surface area (Å²) in [6.45, 7) is 0.303. The Morgan fingerprint density at radius 3 is 2.13 bits per heavy atom. The standard InChI is InChI=1S/C23H24O8/c1-26-18-4-11(5-19(27-2)23(18)28-3)21-12-6-16-17(31-10-30-16)7-14(12)22(25)15-9-29-20(24)8-13(15)21/h4-7,13,15,21-22,25H,8-10H2,1-3H3/t13-,15+,21-,22+/m1/s1. The van der Waals surface area contributed by atoms with Gasteiger partial charge in [-0.15, -0.1) is 0 Å². The normalized spacial score (nSPS) is 25.9. The maximum atomic E-state index is 12.2. The van der Waals surface area contributed by atoms with Gasteiger partial charge >= 0.3 is 5.97 Å². The summed E-state index contributed by atoms with van der Waals surface area (Å²) >= 11 is 0. The van der Waals surface area contributed by atoms with Gasteiger partial charge in [-0.1, -0.05) is 0 Å². The van der Waals surface area contributed by atoms with E-state index >= 15 is 0 Å². The minimum atomic E-state index is -0.777. The van der Waals surface area contributed by atoms with Crippen LogP contribution in [0.15, 0.2) is 24.3 Å². The molecule has 2 heterocycles. The first-order valence-electron chi connectivity index (χ1n) is 10.1. The minimum absolute atomic E-state index is 0.137. The molecule has 2 aromatic rings. The van der Waals surface area contributed by atoms with Gasteiger partial charge in [-0.25, -0.2) is 0 Å². The van der Waals surface area contributed by atoms with Crippen molar-refractivity contribution >= 4 is 5.97 Å². The summed E-state index contributed by atoms with van der Waals surface area (Å²) in [7, 11) is 4.69. The van der Waals surface area contributed by atoms with Crippen LogP contribution in [0.25, 0.3) is 0 Å². The highest BCUT2D eigenvalue weighted by atomic mass is 16.7. The average molecular weight is 428 g/mol. The fourth-order valence-electron chi connectivity index (χ4n) is 5.07. The van der Waals surface area contributed by atoms with E-state index in [0.717, 1.165) is 16.7 Å². The zero-order valence-electron chi connectivity index (χ0n) is 17.5. The summed E-state index contributed by atoms with van der Waals surface area (Å²) in [6.07, 6.45) is -0.572. The molecule has 1 N–H and O–H groups in total. The van der Waals surface area contributed by atoms with Crippen molar-refractivity contribution in [2.24, 2.45) is 11.8 Å². The molecule has 0 saturated carbocycles. The molecule has 164 valence electrons. The SMILES string of the molecule is COc1cc([C@@H]2c3cc4c(cc3[C@H](O)[C@H]3COC(=O)C[C@@H]23)OCO4)cc(OC)c1OC. The highest BCUT2D eigenvalue weighted by Gasteiger charge is 2.47. The number of methoxy groups -OCH3 is 3. The molecule has 4 atom stereocenters. The number of rotatable bonds is 4. The molecule has 0 bridgehead atoms. The van der Waals surface area contributed by atoms with Gasteiger partial charge in [0.2, 0.25) is 12.5 Å². The van der Waals surface area contributed by atoms with Crippen LogP contribution in [0.4, 0.5) is 0 Å². The highest BCUT2D eigenvalue weighted by molar-refractivity contribution is 5.71. The second-order valence-corrected chi connectivity index (χ2v) is 7.93. The van der Waals surface area contributed by atoms with Gasteiger partial charge < -0.3 is 33.5 Å². The Kier molecular flexibility index (Phi) is 4.81. The van der Waals surface area contributed by atoms with Crippen molar-refractivity contribution in [1.29, 1.82) is 0 Å². The Morgan fingerprint density at radius 1 is 0.871 bits per heavy atom. The van der Waals surface area contributed by atoms with Crippen LogP contribution in [0.1, 0.15) is 35.1 Å². The lowest BCUT2D eigenvalue weighted by molar-refractivity contribution is -0.158. The summed E-state index contributed by atoms with van der Waals surface area (Å²) in [5.74, 6) is 1.90. The molecule has 0 spiro atoms.